The maximum atomic E-state index is 11.7. The summed E-state index contributed by atoms with van der Waals surface area (Å²) in [7, 11) is 3.78. The highest BCUT2D eigenvalue weighted by Gasteiger charge is 2.45. The lowest BCUT2D eigenvalue weighted by molar-refractivity contribution is -0.0324. The van der Waals surface area contributed by atoms with Crippen molar-refractivity contribution in [3.8, 4) is 0 Å². The van der Waals surface area contributed by atoms with Gasteiger partial charge in [0.1, 0.15) is 20.1 Å². The van der Waals surface area contributed by atoms with Crippen LogP contribution in [0.4, 0.5) is 0 Å². The van der Waals surface area contributed by atoms with Crippen LogP contribution in [0.15, 0.2) is 0 Å². The third-order valence-corrected chi connectivity index (χ3v) is 4.40. The Hall–Kier alpha value is 0.0949. The average Bonchev–Trinajstić information content (AvgIpc) is 2.66. The van der Waals surface area contributed by atoms with E-state index >= 15 is 0 Å². The van der Waals surface area contributed by atoms with E-state index in [1.165, 1.54) is 0 Å². The molecule has 0 aliphatic carbocycles. The van der Waals surface area contributed by atoms with Crippen molar-refractivity contribution in [2.45, 2.75) is 44.6 Å². The zero-order valence-corrected chi connectivity index (χ0v) is 12.5. The van der Waals surface area contributed by atoms with Gasteiger partial charge >= 0.3 is 7.60 Å². The van der Waals surface area contributed by atoms with Crippen molar-refractivity contribution in [3.63, 3.8) is 0 Å². The Balaban J connectivity index is 2.70. The maximum Gasteiger partial charge on any atom is 0.328 e. The molecule has 1 aliphatic rings. The molecule has 3 unspecified atom stereocenters. The van der Waals surface area contributed by atoms with E-state index in [0.717, 1.165) is 0 Å². The van der Waals surface area contributed by atoms with E-state index in [4.69, 9.17) is 26.6 Å². The zero-order chi connectivity index (χ0) is 14.5. The molecule has 0 spiro atoms. The largest absolute Gasteiger partial charge is 0.382 e. The molecule has 0 aromatic rings. The predicted molar refractivity (Wildman–Crippen MR) is 71.6 cm³/mol. The van der Waals surface area contributed by atoms with E-state index in [-0.39, 0.29) is 12.3 Å². The topological polar surface area (TPSA) is 74.2 Å². The molecular formula is C11H22BO6P. The summed E-state index contributed by atoms with van der Waals surface area (Å²) < 4.78 is 33.0. The molecule has 19 heavy (non-hydrogen) atoms. The summed E-state index contributed by atoms with van der Waals surface area (Å²) in [5, 5.41) is 0. The van der Waals surface area contributed by atoms with Crippen LogP contribution in [0.1, 0.15) is 20.3 Å². The second-order valence-electron chi connectivity index (χ2n) is 4.40. The van der Waals surface area contributed by atoms with Crippen LogP contribution in [-0.2, 0) is 23.3 Å². The first-order valence-corrected chi connectivity index (χ1v) is 8.23. The lowest BCUT2D eigenvalue weighted by Crippen LogP contribution is -2.38. The Morgan fingerprint density at radius 1 is 1.32 bits per heavy atom. The SMILES string of the molecule is [B][C@@H]1O[C@H](CC)C(OP(=O)(O)CC)C1OCCOC. The molecular weight excluding hydrogens is 270 g/mol. The summed E-state index contributed by atoms with van der Waals surface area (Å²) in [4.78, 5) is 9.63. The smallest absolute Gasteiger partial charge is 0.328 e. The minimum Gasteiger partial charge on any atom is -0.382 e. The summed E-state index contributed by atoms with van der Waals surface area (Å²) in [5.41, 5.74) is 0. The molecule has 0 amide bonds. The molecule has 1 saturated heterocycles. The summed E-state index contributed by atoms with van der Waals surface area (Å²) in [6, 6.07) is -0.663. The van der Waals surface area contributed by atoms with E-state index in [0.29, 0.717) is 19.6 Å². The molecule has 1 fully saturated rings. The lowest BCUT2D eigenvalue weighted by atomic mass is 9.92. The Bertz CT molecular complexity index is 316. The van der Waals surface area contributed by atoms with Crippen LogP contribution in [0.3, 0.4) is 0 Å². The summed E-state index contributed by atoms with van der Waals surface area (Å²) in [5.74, 6) is 0. The minimum absolute atomic E-state index is 0.0416. The molecule has 0 bridgehead atoms. The fourth-order valence-corrected chi connectivity index (χ4v) is 2.72. The standard InChI is InChI=1S/C11H22BO6P/c1-4-8-9(18-19(13,14)5-2)10(11(12)17-8)16-7-6-15-3/h8-11H,4-7H2,1-3H3,(H,13,14)/t8-,9?,10?,11-/m1/s1. The molecule has 1 aliphatic heterocycles. The molecule has 110 valence electrons. The third-order valence-electron chi connectivity index (χ3n) is 3.03. The van der Waals surface area contributed by atoms with Gasteiger partial charge in [0.25, 0.3) is 0 Å². The Kier molecular flexibility index (Phi) is 7.01. The molecule has 2 radical (unpaired) electrons. The van der Waals surface area contributed by atoms with Gasteiger partial charge < -0.3 is 19.1 Å². The third kappa shape index (κ3) is 4.85. The van der Waals surface area contributed by atoms with Gasteiger partial charge in [-0.2, -0.15) is 0 Å². The van der Waals surface area contributed by atoms with Gasteiger partial charge in [0.05, 0.1) is 19.3 Å². The Morgan fingerprint density at radius 2 is 2.00 bits per heavy atom. The maximum absolute atomic E-state index is 11.7. The molecule has 5 atom stereocenters. The summed E-state index contributed by atoms with van der Waals surface area (Å²) >= 11 is 0. The van der Waals surface area contributed by atoms with Crippen LogP contribution in [0, 0.1) is 0 Å². The van der Waals surface area contributed by atoms with E-state index < -0.39 is 25.8 Å². The highest BCUT2D eigenvalue weighted by Crippen LogP contribution is 2.46. The van der Waals surface area contributed by atoms with Gasteiger partial charge in [0, 0.05) is 19.3 Å². The van der Waals surface area contributed by atoms with E-state index in [1.807, 2.05) is 6.92 Å². The normalized spacial score (nSPS) is 34.3. The second kappa shape index (κ2) is 7.77. The van der Waals surface area contributed by atoms with Crippen molar-refractivity contribution < 1.29 is 28.2 Å². The number of methoxy groups -OCH3 is 1. The molecule has 0 aromatic carbocycles. The molecule has 8 heteroatoms. The van der Waals surface area contributed by atoms with Crippen molar-refractivity contribution in [1.29, 1.82) is 0 Å². The summed E-state index contributed by atoms with van der Waals surface area (Å²) in [6.07, 6.45) is -0.860. The first kappa shape index (κ1) is 17.1. The van der Waals surface area contributed by atoms with Crippen molar-refractivity contribution in [3.05, 3.63) is 0 Å². The molecule has 1 heterocycles. The number of rotatable bonds is 8. The summed E-state index contributed by atoms with van der Waals surface area (Å²) in [6.45, 7) is 4.24. The highest BCUT2D eigenvalue weighted by molar-refractivity contribution is 7.52. The Labute approximate surface area is 115 Å². The van der Waals surface area contributed by atoms with Gasteiger partial charge in [-0.3, -0.25) is 9.09 Å². The number of ether oxygens (including phenoxy) is 3. The average molecular weight is 292 g/mol. The van der Waals surface area contributed by atoms with Crippen molar-refractivity contribution in [1.82, 2.24) is 0 Å². The minimum atomic E-state index is -3.62. The van der Waals surface area contributed by atoms with Crippen molar-refractivity contribution in [2.24, 2.45) is 0 Å². The van der Waals surface area contributed by atoms with Gasteiger partial charge in [-0.1, -0.05) is 13.8 Å². The number of hydrogen-bond donors (Lipinski definition) is 1. The molecule has 0 saturated carbocycles. The monoisotopic (exact) mass is 292 g/mol. The predicted octanol–water partition coefficient (Wildman–Crippen LogP) is 0.912. The van der Waals surface area contributed by atoms with Gasteiger partial charge in [0.15, 0.2) is 0 Å². The van der Waals surface area contributed by atoms with Crippen LogP contribution in [0.5, 0.6) is 0 Å². The molecule has 1 N–H and O–H groups in total. The van der Waals surface area contributed by atoms with Gasteiger partial charge in [0.2, 0.25) is 0 Å². The van der Waals surface area contributed by atoms with Gasteiger partial charge in [-0.25, -0.2) is 0 Å². The van der Waals surface area contributed by atoms with Crippen LogP contribution in [-0.4, -0.2) is 63.5 Å². The van der Waals surface area contributed by atoms with Gasteiger partial charge in [-0.15, -0.1) is 0 Å². The highest BCUT2D eigenvalue weighted by atomic mass is 31.2. The number of hydrogen-bond acceptors (Lipinski definition) is 5. The van der Waals surface area contributed by atoms with Gasteiger partial charge in [-0.05, 0) is 6.42 Å². The van der Waals surface area contributed by atoms with Crippen LogP contribution in [0.25, 0.3) is 0 Å². The molecule has 0 aromatic heterocycles. The zero-order valence-electron chi connectivity index (χ0n) is 11.7. The quantitative estimate of drug-likeness (QED) is 0.407. The lowest BCUT2D eigenvalue weighted by Gasteiger charge is -2.25. The van der Waals surface area contributed by atoms with E-state index in [1.54, 1.807) is 14.0 Å². The first-order valence-electron chi connectivity index (χ1n) is 6.47. The van der Waals surface area contributed by atoms with E-state index in [9.17, 15) is 9.46 Å². The fourth-order valence-electron chi connectivity index (χ4n) is 1.93. The van der Waals surface area contributed by atoms with Crippen LogP contribution < -0.4 is 0 Å². The van der Waals surface area contributed by atoms with Crippen molar-refractivity contribution in [2.75, 3.05) is 26.5 Å². The Morgan fingerprint density at radius 3 is 2.53 bits per heavy atom. The van der Waals surface area contributed by atoms with Crippen LogP contribution >= 0.6 is 7.60 Å². The molecule has 6 nitrogen and oxygen atoms in total. The van der Waals surface area contributed by atoms with E-state index in [2.05, 4.69) is 0 Å². The fraction of sp³-hybridized carbons (Fsp3) is 1.00. The van der Waals surface area contributed by atoms with Crippen molar-refractivity contribution >= 4 is 15.4 Å². The first-order chi connectivity index (χ1) is 8.95. The van der Waals surface area contributed by atoms with Crippen LogP contribution in [0.2, 0.25) is 0 Å². The molecule has 1 rings (SSSR count). The second-order valence-corrected chi connectivity index (χ2v) is 6.52.